The largest absolute Gasteiger partial charge is 0.253 e. The molecule has 0 fully saturated rings. The van der Waals surface area contributed by atoms with Crippen molar-refractivity contribution in [3.05, 3.63) is 23.3 Å². The van der Waals surface area contributed by atoms with Gasteiger partial charge < -0.3 is 0 Å². The van der Waals surface area contributed by atoms with Crippen LogP contribution in [0.2, 0.25) is 0 Å². The van der Waals surface area contributed by atoms with E-state index in [4.69, 9.17) is 0 Å². The molecule has 0 saturated heterocycles. The first-order chi connectivity index (χ1) is 5.14. The van der Waals surface area contributed by atoms with Gasteiger partial charge in [-0.3, -0.25) is 4.99 Å². The van der Waals surface area contributed by atoms with E-state index in [1.807, 2.05) is 18.5 Å². The topological polar surface area (TPSA) is 12.4 Å². The molecule has 0 saturated carbocycles. The van der Waals surface area contributed by atoms with E-state index in [0.29, 0.717) is 0 Å². The number of aliphatic imine (C=N–C) groups is 1. The maximum absolute atomic E-state index is 4.33. The van der Waals surface area contributed by atoms with Gasteiger partial charge >= 0.3 is 0 Å². The van der Waals surface area contributed by atoms with Crippen LogP contribution in [0.15, 0.2) is 28.2 Å². The van der Waals surface area contributed by atoms with Gasteiger partial charge in [0.2, 0.25) is 0 Å². The second-order valence-corrected chi connectivity index (χ2v) is 3.97. The summed E-state index contributed by atoms with van der Waals surface area (Å²) in [5.41, 5.74) is 0.105. The minimum absolute atomic E-state index is 0.105. The molecule has 0 atom stereocenters. The van der Waals surface area contributed by atoms with Crippen LogP contribution in [0.1, 0.15) is 13.8 Å². The second kappa shape index (κ2) is 3.26. The fourth-order valence-corrected chi connectivity index (χ4v) is 1.19. The third-order valence-electron chi connectivity index (χ3n) is 1.50. The molecule has 2 heteroatoms. The molecule has 0 aromatic heterocycles. The van der Waals surface area contributed by atoms with E-state index in [1.54, 1.807) is 11.8 Å². The SMILES string of the molecule is CSC1=CC=CC(C)(C)C=N1. The fourth-order valence-electron chi connectivity index (χ4n) is 0.815. The first kappa shape index (κ1) is 8.60. The predicted molar refractivity (Wildman–Crippen MR) is 53.0 cm³/mol. The van der Waals surface area contributed by atoms with Gasteiger partial charge in [-0.2, -0.15) is 0 Å². The maximum atomic E-state index is 4.33. The summed E-state index contributed by atoms with van der Waals surface area (Å²) >= 11 is 1.67. The average Bonchev–Trinajstić information content (AvgIpc) is 2.10. The Hall–Kier alpha value is -0.500. The van der Waals surface area contributed by atoms with Crippen molar-refractivity contribution >= 4 is 18.0 Å². The van der Waals surface area contributed by atoms with Gasteiger partial charge in [-0.1, -0.05) is 26.0 Å². The van der Waals surface area contributed by atoms with E-state index in [2.05, 4.69) is 31.0 Å². The molecule has 0 unspecified atom stereocenters. The van der Waals surface area contributed by atoms with Crippen molar-refractivity contribution in [3.8, 4) is 0 Å². The van der Waals surface area contributed by atoms with Crippen LogP contribution in [0, 0.1) is 5.41 Å². The highest BCUT2D eigenvalue weighted by molar-refractivity contribution is 8.02. The van der Waals surface area contributed by atoms with E-state index in [9.17, 15) is 0 Å². The average molecular weight is 167 g/mol. The molecule has 1 nitrogen and oxygen atoms in total. The summed E-state index contributed by atoms with van der Waals surface area (Å²) in [6, 6.07) is 0. The zero-order chi connectivity index (χ0) is 8.32. The van der Waals surface area contributed by atoms with Gasteiger partial charge in [0.05, 0.1) is 5.03 Å². The Labute approximate surface area is 72.3 Å². The monoisotopic (exact) mass is 167 g/mol. The van der Waals surface area contributed by atoms with Crippen molar-refractivity contribution in [2.45, 2.75) is 13.8 Å². The normalized spacial score (nSPS) is 21.2. The quantitative estimate of drug-likeness (QED) is 0.585. The molecule has 60 valence electrons. The summed E-state index contributed by atoms with van der Waals surface area (Å²) in [5.74, 6) is 0. The van der Waals surface area contributed by atoms with Crippen molar-refractivity contribution in [3.63, 3.8) is 0 Å². The van der Waals surface area contributed by atoms with Crippen molar-refractivity contribution in [1.29, 1.82) is 0 Å². The van der Waals surface area contributed by atoms with Gasteiger partial charge in [-0.25, -0.2) is 0 Å². The highest BCUT2D eigenvalue weighted by atomic mass is 32.2. The highest BCUT2D eigenvalue weighted by Crippen LogP contribution is 2.21. The summed E-state index contributed by atoms with van der Waals surface area (Å²) in [4.78, 5) is 4.33. The molecule has 1 heterocycles. The lowest BCUT2D eigenvalue weighted by atomic mass is 9.95. The molecule has 0 radical (unpaired) electrons. The molecule has 0 aromatic carbocycles. The van der Waals surface area contributed by atoms with Gasteiger partial charge in [-0.05, 0) is 12.3 Å². The van der Waals surface area contributed by atoms with Crippen LogP contribution in [-0.4, -0.2) is 12.5 Å². The molecule has 0 N–H and O–H groups in total. The minimum atomic E-state index is 0.105. The summed E-state index contributed by atoms with van der Waals surface area (Å²) in [7, 11) is 0. The molecular formula is C9H13NS. The van der Waals surface area contributed by atoms with E-state index < -0.39 is 0 Å². The Morgan fingerprint density at radius 3 is 2.82 bits per heavy atom. The zero-order valence-corrected chi connectivity index (χ0v) is 7.98. The van der Waals surface area contributed by atoms with Crippen LogP contribution in [0.3, 0.4) is 0 Å². The first-order valence-electron chi connectivity index (χ1n) is 3.63. The Morgan fingerprint density at radius 1 is 1.45 bits per heavy atom. The third kappa shape index (κ3) is 2.54. The van der Waals surface area contributed by atoms with Crippen LogP contribution in [0.5, 0.6) is 0 Å². The Bertz CT molecular complexity index is 224. The summed E-state index contributed by atoms with van der Waals surface area (Å²) in [6.07, 6.45) is 10.3. The minimum Gasteiger partial charge on any atom is -0.253 e. The van der Waals surface area contributed by atoms with Gasteiger partial charge in [0.25, 0.3) is 0 Å². The van der Waals surface area contributed by atoms with Crippen LogP contribution >= 0.6 is 11.8 Å². The molecule has 1 aliphatic heterocycles. The Balaban J connectivity index is 2.83. The van der Waals surface area contributed by atoms with Crippen LogP contribution < -0.4 is 0 Å². The summed E-state index contributed by atoms with van der Waals surface area (Å²) in [6.45, 7) is 4.29. The second-order valence-electron chi connectivity index (χ2n) is 3.15. The molecule has 0 aliphatic carbocycles. The van der Waals surface area contributed by atoms with E-state index in [0.717, 1.165) is 5.03 Å². The predicted octanol–water partition coefficient (Wildman–Crippen LogP) is 2.86. The molecule has 0 spiro atoms. The number of allylic oxidation sites excluding steroid dienone is 3. The van der Waals surface area contributed by atoms with Gasteiger partial charge in [-0.15, -0.1) is 11.8 Å². The number of nitrogens with zero attached hydrogens (tertiary/aromatic N) is 1. The maximum Gasteiger partial charge on any atom is 0.0953 e. The van der Waals surface area contributed by atoms with E-state index >= 15 is 0 Å². The first-order valence-corrected chi connectivity index (χ1v) is 4.85. The number of hydrogen-bond acceptors (Lipinski definition) is 2. The summed E-state index contributed by atoms with van der Waals surface area (Å²) < 4.78 is 0. The van der Waals surface area contributed by atoms with E-state index in [-0.39, 0.29) is 5.41 Å². The van der Waals surface area contributed by atoms with Crippen molar-refractivity contribution in [2.75, 3.05) is 6.26 Å². The molecule has 1 aliphatic rings. The van der Waals surface area contributed by atoms with Crippen molar-refractivity contribution in [1.82, 2.24) is 0 Å². The molecular weight excluding hydrogens is 154 g/mol. The van der Waals surface area contributed by atoms with E-state index in [1.165, 1.54) is 0 Å². The van der Waals surface area contributed by atoms with Crippen LogP contribution in [-0.2, 0) is 0 Å². The zero-order valence-electron chi connectivity index (χ0n) is 7.16. The van der Waals surface area contributed by atoms with Gasteiger partial charge in [0.1, 0.15) is 0 Å². The lowest BCUT2D eigenvalue weighted by Gasteiger charge is -2.10. The van der Waals surface area contributed by atoms with Crippen LogP contribution in [0.25, 0.3) is 0 Å². The molecule has 0 aromatic rings. The number of rotatable bonds is 1. The molecule has 0 bridgehead atoms. The highest BCUT2D eigenvalue weighted by Gasteiger charge is 2.11. The Morgan fingerprint density at radius 2 is 2.18 bits per heavy atom. The van der Waals surface area contributed by atoms with Crippen molar-refractivity contribution in [2.24, 2.45) is 10.4 Å². The number of thioether (sulfide) groups is 1. The Kier molecular flexibility index (Phi) is 2.55. The standard InChI is InChI=1S/C9H13NS/c1-9(2)6-4-5-8(11-3)10-7-9/h4-7H,1-3H3. The van der Waals surface area contributed by atoms with Crippen LogP contribution in [0.4, 0.5) is 0 Å². The van der Waals surface area contributed by atoms with Gasteiger partial charge in [0.15, 0.2) is 0 Å². The summed E-state index contributed by atoms with van der Waals surface area (Å²) in [5, 5.41) is 1.08. The van der Waals surface area contributed by atoms with Crippen molar-refractivity contribution < 1.29 is 0 Å². The molecule has 11 heavy (non-hydrogen) atoms. The molecule has 1 rings (SSSR count). The fraction of sp³-hybridized carbons (Fsp3) is 0.444. The number of hydrogen-bond donors (Lipinski definition) is 0. The molecule has 0 amide bonds. The third-order valence-corrected chi connectivity index (χ3v) is 2.16. The van der Waals surface area contributed by atoms with Gasteiger partial charge in [0, 0.05) is 11.6 Å². The lowest BCUT2D eigenvalue weighted by molar-refractivity contribution is 0.695. The lowest BCUT2D eigenvalue weighted by Crippen LogP contribution is -2.07. The smallest absolute Gasteiger partial charge is 0.0953 e.